The summed E-state index contributed by atoms with van der Waals surface area (Å²) in [4.78, 5) is 0. The Bertz CT molecular complexity index is 1280. The molecule has 0 aromatic heterocycles. The molecule has 1 heterocycles. The molecule has 2 atom stereocenters. The van der Waals surface area contributed by atoms with Gasteiger partial charge in [-0.25, -0.2) is 0 Å². The molecule has 0 amide bonds. The van der Waals surface area contributed by atoms with Crippen molar-refractivity contribution < 1.29 is 43.5 Å². The van der Waals surface area contributed by atoms with Gasteiger partial charge in [-0.2, -0.15) is 29.8 Å². The van der Waals surface area contributed by atoms with Crippen molar-refractivity contribution in [1.82, 2.24) is 0 Å². The zero-order valence-electron chi connectivity index (χ0n) is 17.3. The maximum absolute atomic E-state index is 12.0. The van der Waals surface area contributed by atoms with E-state index in [9.17, 15) is 34.4 Å². The van der Waals surface area contributed by atoms with Crippen LogP contribution in [0.2, 0.25) is 0 Å². The van der Waals surface area contributed by atoms with Crippen LogP contribution in [0.1, 0.15) is 55.6 Å². The fourth-order valence-corrected chi connectivity index (χ4v) is 7.12. The lowest BCUT2D eigenvalue weighted by Gasteiger charge is -2.31. The summed E-state index contributed by atoms with van der Waals surface area (Å²) in [6.07, 6.45) is -0.423. The number of benzene rings is 1. The summed E-state index contributed by atoms with van der Waals surface area (Å²) in [7, 11) is -13.3. The molecule has 31 heavy (non-hydrogen) atoms. The first-order valence-corrected chi connectivity index (χ1v) is 14.2. The Hall–Kier alpha value is -1.38. The van der Waals surface area contributed by atoms with Crippen molar-refractivity contribution in [2.24, 2.45) is 0 Å². The van der Waals surface area contributed by atoms with E-state index in [-0.39, 0.29) is 19.4 Å². The van der Waals surface area contributed by atoms with E-state index in [1.807, 2.05) is 25.3 Å². The van der Waals surface area contributed by atoms with E-state index in [1.54, 1.807) is 6.07 Å². The topological polar surface area (TPSA) is 166 Å². The van der Waals surface area contributed by atoms with Gasteiger partial charge in [-0.05, 0) is 37.8 Å². The molecule has 0 spiro atoms. The van der Waals surface area contributed by atoms with E-state index in [0.717, 1.165) is 5.71 Å². The first-order chi connectivity index (χ1) is 13.9. The third-order valence-electron chi connectivity index (χ3n) is 6.37. The van der Waals surface area contributed by atoms with Gasteiger partial charge in [0.15, 0.2) is 5.71 Å². The quantitative estimate of drug-likeness (QED) is 0.390. The molecule has 0 saturated carbocycles. The van der Waals surface area contributed by atoms with Crippen LogP contribution in [0.25, 0.3) is 0 Å². The van der Waals surface area contributed by atoms with Crippen LogP contribution in [0.5, 0.6) is 0 Å². The van der Waals surface area contributed by atoms with Gasteiger partial charge in [0.2, 0.25) is 5.69 Å². The van der Waals surface area contributed by atoms with Crippen LogP contribution in [0.3, 0.4) is 0 Å². The third kappa shape index (κ3) is 4.57. The van der Waals surface area contributed by atoms with Gasteiger partial charge in [-0.15, -0.1) is 0 Å². The second-order valence-electron chi connectivity index (χ2n) is 8.61. The summed E-state index contributed by atoms with van der Waals surface area (Å²) in [5.41, 5.74) is 2.27. The Morgan fingerprint density at radius 1 is 1.03 bits per heavy atom. The monoisotopic (exact) mass is 496 g/mol. The van der Waals surface area contributed by atoms with Crippen LogP contribution in [0.15, 0.2) is 12.1 Å². The summed E-state index contributed by atoms with van der Waals surface area (Å²) in [5, 5.41) is -2.87. The zero-order valence-corrected chi connectivity index (χ0v) is 19.8. The molecule has 0 radical (unpaired) electrons. The largest absolute Gasteiger partial charge is 0.286 e. The van der Waals surface area contributed by atoms with E-state index < -0.39 is 58.4 Å². The highest BCUT2D eigenvalue weighted by atomic mass is 32.2. The molecular formula is C18H26NO9S3+. The molecule has 0 saturated heterocycles. The second kappa shape index (κ2) is 7.59. The number of rotatable bonds is 6. The van der Waals surface area contributed by atoms with Gasteiger partial charge in [-0.1, -0.05) is 6.07 Å². The third-order valence-corrected chi connectivity index (χ3v) is 9.54. The minimum absolute atomic E-state index is 0.112. The Kier molecular flexibility index (Phi) is 5.94. The lowest BCUT2D eigenvalue weighted by Crippen LogP contribution is -2.35. The van der Waals surface area contributed by atoms with Crippen molar-refractivity contribution in [1.29, 1.82) is 0 Å². The van der Waals surface area contributed by atoms with Crippen LogP contribution in [-0.4, -0.2) is 66.7 Å². The fourth-order valence-electron chi connectivity index (χ4n) is 4.67. The van der Waals surface area contributed by atoms with E-state index >= 15 is 0 Å². The summed E-state index contributed by atoms with van der Waals surface area (Å²) in [6, 6.07) is 3.20. The number of nitrogens with zero attached hydrogens (tertiary/aromatic N) is 1. The van der Waals surface area contributed by atoms with E-state index in [1.165, 1.54) is 6.07 Å². The standard InChI is InChI=1S/C18H25NO9S3/c1-11-18(2,3)17-14-9-12(30(23,24)25)10-16(31(26,27)28)13(14)5-6-15(17)19(11)7-4-8-29(20,21)22/h5-6,12,16H,4,7-10H2,1-3H3,(H2-,20,21,22,23,24,25,26,27,28)/p+1. The molecule has 1 aliphatic carbocycles. The van der Waals surface area contributed by atoms with Gasteiger partial charge in [0.25, 0.3) is 30.4 Å². The lowest BCUT2D eigenvalue weighted by atomic mass is 9.75. The van der Waals surface area contributed by atoms with Crippen LogP contribution in [-0.2, 0) is 42.2 Å². The van der Waals surface area contributed by atoms with Crippen LogP contribution in [0.4, 0.5) is 5.69 Å². The first kappa shape index (κ1) is 24.3. The van der Waals surface area contributed by atoms with Crippen LogP contribution < -0.4 is 0 Å². The van der Waals surface area contributed by atoms with Crippen molar-refractivity contribution in [3.63, 3.8) is 0 Å². The highest BCUT2D eigenvalue weighted by molar-refractivity contribution is 7.87. The maximum Gasteiger partial charge on any atom is 0.272 e. The van der Waals surface area contributed by atoms with Crippen LogP contribution in [0, 0.1) is 0 Å². The smallest absolute Gasteiger partial charge is 0.272 e. The molecule has 10 nitrogen and oxygen atoms in total. The van der Waals surface area contributed by atoms with Crippen molar-refractivity contribution in [2.45, 2.75) is 55.9 Å². The average molecular weight is 497 g/mol. The zero-order chi connectivity index (χ0) is 23.6. The molecule has 2 unspecified atom stereocenters. The average Bonchev–Trinajstić information content (AvgIpc) is 2.78. The molecule has 174 valence electrons. The van der Waals surface area contributed by atoms with Gasteiger partial charge < -0.3 is 0 Å². The Morgan fingerprint density at radius 3 is 2.16 bits per heavy atom. The summed E-state index contributed by atoms with van der Waals surface area (Å²) in [6.45, 7) is 5.86. The van der Waals surface area contributed by atoms with Gasteiger partial charge >= 0.3 is 0 Å². The number of hydrogen-bond donors (Lipinski definition) is 3. The summed E-state index contributed by atoms with van der Waals surface area (Å²) in [5.74, 6) is -0.423. The minimum Gasteiger partial charge on any atom is -0.286 e. The van der Waals surface area contributed by atoms with E-state index in [0.29, 0.717) is 22.4 Å². The minimum atomic E-state index is -4.64. The summed E-state index contributed by atoms with van der Waals surface area (Å²) < 4.78 is 100. The van der Waals surface area contributed by atoms with E-state index in [4.69, 9.17) is 4.55 Å². The molecular weight excluding hydrogens is 470 g/mol. The SMILES string of the molecule is CC1=[N+](CCCS(=O)(=O)O)c2ccc3c(c2C1(C)C)CC(S(=O)(=O)O)CC3S(=O)(=O)O. The molecule has 0 fully saturated rings. The molecule has 3 rings (SSSR count). The molecule has 1 aromatic rings. The predicted molar refractivity (Wildman–Crippen MR) is 114 cm³/mol. The highest BCUT2D eigenvalue weighted by Gasteiger charge is 2.49. The Balaban J connectivity index is 2.17. The van der Waals surface area contributed by atoms with E-state index in [2.05, 4.69) is 0 Å². The normalized spacial score (nSPS) is 23.5. The summed E-state index contributed by atoms with van der Waals surface area (Å²) >= 11 is 0. The van der Waals surface area contributed by atoms with Crippen molar-refractivity contribution in [3.05, 3.63) is 28.8 Å². The van der Waals surface area contributed by atoms with Crippen molar-refractivity contribution in [2.75, 3.05) is 12.3 Å². The second-order valence-corrected chi connectivity index (χ2v) is 13.5. The maximum atomic E-state index is 12.0. The van der Waals surface area contributed by atoms with Crippen molar-refractivity contribution >= 4 is 41.8 Å². The first-order valence-electron chi connectivity index (χ1n) is 9.60. The molecule has 1 aromatic carbocycles. The molecule has 1 aliphatic heterocycles. The number of hydrogen-bond acceptors (Lipinski definition) is 6. The highest BCUT2D eigenvalue weighted by Crippen LogP contribution is 2.48. The lowest BCUT2D eigenvalue weighted by molar-refractivity contribution is -0.438. The molecule has 0 bridgehead atoms. The fraction of sp³-hybridized carbons (Fsp3) is 0.611. The van der Waals surface area contributed by atoms with Crippen molar-refractivity contribution in [3.8, 4) is 0 Å². The molecule has 3 N–H and O–H groups in total. The molecule has 2 aliphatic rings. The van der Waals surface area contributed by atoms with Gasteiger partial charge in [-0.3, -0.25) is 13.7 Å². The number of fused-ring (bicyclic) bond motifs is 3. The molecule has 13 heteroatoms. The Morgan fingerprint density at radius 2 is 1.65 bits per heavy atom. The van der Waals surface area contributed by atoms with Gasteiger partial charge in [0.1, 0.15) is 11.8 Å². The predicted octanol–water partition coefficient (Wildman–Crippen LogP) is 1.49. The Labute approximate surface area is 182 Å². The van der Waals surface area contributed by atoms with Crippen LogP contribution >= 0.6 is 0 Å². The van der Waals surface area contributed by atoms with Gasteiger partial charge in [0.05, 0.1) is 16.4 Å². The van der Waals surface area contributed by atoms with Gasteiger partial charge in [0, 0.05) is 25.0 Å².